The number of fused-ring (bicyclic) bond motifs is 1. The van der Waals surface area contributed by atoms with E-state index in [9.17, 15) is 9.18 Å². The van der Waals surface area contributed by atoms with Gasteiger partial charge in [0.15, 0.2) is 0 Å². The largest absolute Gasteiger partial charge is 0.437 e. The maximum absolute atomic E-state index is 14.9. The number of nitrogens with one attached hydrogen (secondary N) is 1. The molecule has 1 atom stereocenters. The van der Waals surface area contributed by atoms with Crippen LogP contribution in [-0.2, 0) is 4.79 Å². The van der Waals surface area contributed by atoms with Gasteiger partial charge < -0.3 is 15.8 Å². The molecule has 1 amide bonds. The van der Waals surface area contributed by atoms with Crippen molar-refractivity contribution in [2.24, 2.45) is 11.3 Å². The van der Waals surface area contributed by atoms with Gasteiger partial charge in [-0.3, -0.25) is 4.79 Å². The van der Waals surface area contributed by atoms with Crippen LogP contribution in [0.5, 0.6) is 11.6 Å². The lowest BCUT2D eigenvalue weighted by molar-refractivity contribution is -0.117. The third-order valence-electron chi connectivity index (χ3n) is 6.86. The van der Waals surface area contributed by atoms with Crippen LogP contribution < -0.4 is 15.8 Å². The number of aryl methyl sites for hydroxylation is 1. The Balaban J connectivity index is 1.40. The van der Waals surface area contributed by atoms with E-state index in [0.29, 0.717) is 33.7 Å². The number of amides is 1. The van der Waals surface area contributed by atoms with Crippen LogP contribution in [0, 0.1) is 24.1 Å². The summed E-state index contributed by atoms with van der Waals surface area (Å²) >= 11 is 0. The summed E-state index contributed by atoms with van der Waals surface area (Å²) in [6, 6.07) is 12.0. The highest BCUT2D eigenvalue weighted by Crippen LogP contribution is 2.70. The lowest BCUT2D eigenvalue weighted by atomic mass is 10.0. The summed E-state index contributed by atoms with van der Waals surface area (Å²) in [5.41, 5.74) is 8.19. The van der Waals surface area contributed by atoms with Crippen LogP contribution in [0.3, 0.4) is 0 Å². The number of pyridine rings is 1. The van der Waals surface area contributed by atoms with E-state index in [2.05, 4.69) is 20.3 Å². The number of rotatable bonds is 5. The molecule has 8 heteroatoms. The van der Waals surface area contributed by atoms with Gasteiger partial charge in [0, 0.05) is 29.1 Å². The molecule has 2 aliphatic rings. The standard InChI is InChI=1S/C26H22FN5O2/c1-14-4-5-15-16(6-7-19(27)21(15)32-23(33)18-13-26(18)9-10-26)22(14)34-24-17(3-2-11-29-24)20-8-12-30-25(28)31-20/h2-8,11-12,18H,9-10,13H2,1H3,(H,32,33)(H2,28,30,31). The Labute approximate surface area is 195 Å². The maximum Gasteiger partial charge on any atom is 0.228 e. The van der Waals surface area contributed by atoms with Crippen molar-refractivity contribution >= 4 is 28.3 Å². The van der Waals surface area contributed by atoms with Crippen molar-refractivity contribution < 1.29 is 13.9 Å². The first-order chi connectivity index (χ1) is 16.4. The first-order valence-electron chi connectivity index (χ1n) is 11.2. The Bertz CT molecular complexity index is 1470. The molecule has 2 saturated carbocycles. The van der Waals surface area contributed by atoms with Gasteiger partial charge in [0.2, 0.25) is 17.7 Å². The number of ether oxygens (including phenoxy) is 1. The highest BCUT2D eigenvalue weighted by Gasteiger charge is 2.65. The Kier molecular flexibility index (Phi) is 4.52. The minimum Gasteiger partial charge on any atom is -0.437 e. The second-order valence-corrected chi connectivity index (χ2v) is 9.10. The van der Waals surface area contributed by atoms with E-state index >= 15 is 0 Å². The second-order valence-electron chi connectivity index (χ2n) is 9.10. The molecule has 0 aliphatic heterocycles. The van der Waals surface area contributed by atoms with Gasteiger partial charge in [-0.05, 0) is 67.5 Å². The molecule has 2 aliphatic carbocycles. The van der Waals surface area contributed by atoms with Crippen LogP contribution in [0.15, 0.2) is 54.9 Å². The third-order valence-corrected chi connectivity index (χ3v) is 6.86. The number of nitrogens with two attached hydrogens (primary N) is 1. The zero-order chi connectivity index (χ0) is 23.4. The van der Waals surface area contributed by atoms with Crippen molar-refractivity contribution in [2.45, 2.75) is 26.2 Å². The van der Waals surface area contributed by atoms with Crippen LogP contribution in [0.4, 0.5) is 16.0 Å². The van der Waals surface area contributed by atoms with Gasteiger partial charge in [-0.25, -0.2) is 19.3 Å². The van der Waals surface area contributed by atoms with Gasteiger partial charge in [-0.1, -0.05) is 12.1 Å². The van der Waals surface area contributed by atoms with Gasteiger partial charge in [0.25, 0.3) is 0 Å². The molecule has 1 spiro atoms. The molecule has 2 aromatic heterocycles. The van der Waals surface area contributed by atoms with Crippen molar-refractivity contribution in [3.8, 4) is 22.9 Å². The smallest absolute Gasteiger partial charge is 0.228 e. The van der Waals surface area contributed by atoms with Crippen molar-refractivity contribution in [2.75, 3.05) is 11.1 Å². The van der Waals surface area contributed by atoms with Crippen LogP contribution in [-0.4, -0.2) is 20.9 Å². The molecular weight excluding hydrogens is 433 g/mol. The first-order valence-corrected chi connectivity index (χ1v) is 11.2. The van der Waals surface area contributed by atoms with Crippen molar-refractivity contribution in [1.82, 2.24) is 15.0 Å². The quantitative estimate of drug-likeness (QED) is 0.426. The number of aromatic nitrogens is 3. The van der Waals surface area contributed by atoms with Crippen molar-refractivity contribution in [3.63, 3.8) is 0 Å². The van der Waals surface area contributed by atoms with Gasteiger partial charge in [0.1, 0.15) is 11.6 Å². The number of anilines is 2. The van der Waals surface area contributed by atoms with Gasteiger partial charge >= 0.3 is 0 Å². The normalized spacial score (nSPS) is 17.5. The number of nitrogens with zero attached hydrogens (tertiary/aromatic N) is 3. The predicted molar refractivity (Wildman–Crippen MR) is 127 cm³/mol. The minimum atomic E-state index is -0.476. The van der Waals surface area contributed by atoms with Crippen LogP contribution >= 0.6 is 0 Å². The Morgan fingerprint density at radius 3 is 2.71 bits per heavy atom. The Hall–Kier alpha value is -4.07. The van der Waals surface area contributed by atoms with Crippen LogP contribution in [0.1, 0.15) is 24.8 Å². The van der Waals surface area contributed by atoms with E-state index < -0.39 is 5.82 Å². The first kappa shape index (κ1) is 20.5. The molecule has 3 N–H and O–H groups in total. The molecule has 1 unspecified atom stereocenters. The fraction of sp³-hybridized carbons (Fsp3) is 0.231. The summed E-state index contributed by atoms with van der Waals surface area (Å²) in [4.78, 5) is 25.4. The number of carbonyl (C=O) groups is 1. The minimum absolute atomic E-state index is 0.0142. The number of benzene rings is 2. The predicted octanol–water partition coefficient (Wildman–Crippen LogP) is 5.25. The van der Waals surface area contributed by atoms with E-state index in [0.717, 1.165) is 24.8 Å². The zero-order valence-corrected chi connectivity index (χ0v) is 18.5. The molecule has 2 aromatic carbocycles. The lowest BCUT2D eigenvalue weighted by Gasteiger charge is -2.16. The topological polar surface area (TPSA) is 103 Å². The molecule has 4 aromatic rings. The van der Waals surface area contributed by atoms with Gasteiger partial charge in [0.05, 0.1) is 16.9 Å². The highest BCUT2D eigenvalue weighted by atomic mass is 19.1. The molecule has 2 fully saturated rings. The Morgan fingerprint density at radius 1 is 1.12 bits per heavy atom. The monoisotopic (exact) mass is 455 g/mol. The van der Waals surface area contributed by atoms with E-state index in [1.807, 2.05) is 19.1 Å². The number of hydrogen-bond donors (Lipinski definition) is 2. The summed E-state index contributed by atoms with van der Waals surface area (Å²) in [6.07, 6.45) is 6.27. The van der Waals surface area contributed by atoms with Crippen molar-refractivity contribution in [3.05, 3.63) is 66.2 Å². The summed E-state index contributed by atoms with van der Waals surface area (Å²) in [5, 5.41) is 4.09. The maximum atomic E-state index is 14.9. The molecule has 0 radical (unpaired) electrons. The zero-order valence-electron chi connectivity index (χ0n) is 18.5. The summed E-state index contributed by atoms with van der Waals surface area (Å²) in [6.45, 7) is 1.91. The molecule has 6 rings (SSSR count). The molecule has 0 bridgehead atoms. The number of hydrogen-bond acceptors (Lipinski definition) is 6. The molecule has 34 heavy (non-hydrogen) atoms. The molecule has 7 nitrogen and oxygen atoms in total. The second kappa shape index (κ2) is 7.48. The summed E-state index contributed by atoms with van der Waals surface area (Å²) in [7, 11) is 0. The molecular formula is C26H22FN5O2. The molecule has 2 heterocycles. The Morgan fingerprint density at radius 2 is 1.94 bits per heavy atom. The average Bonchev–Trinajstić information content (AvgIpc) is 3.76. The SMILES string of the molecule is Cc1ccc2c(NC(=O)C3CC34CC4)c(F)ccc2c1Oc1ncccc1-c1ccnc(N)n1. The van der Waals surface area contributed by atoms with E-state index in [-0.39, 0.29) is 28.9 Å². The number of carbonyl (C=O) groups excluding carboxylic acids is 1. The van der Waals surface area contributed by atoms with E-state index in [4.69, 9.17) is 10.5 Å². The number of halogens is 1. The van der Waals surface area contributed by atoms with Crippen LogP contribution in [0.2, 0.25) is 0 Å². The third kappa shape index (κ3) is 3.42. The highest BCUT2D eigenvalue weighted by molar-refractivity contribution is 6.06. The fourth-order valence-corrected chi connectivity index (χ4v) is 4.65. The number of nitrogen functional groups attached to an aromatic ring is 1. The lowest BCUT2D eigenvalue weighted by Crippen LogP contribution is -2.16. The molecule has 0 saturated heterocycles. The summed E-state index contributed by atoms with van der Waals surface area (Å²) < 4.78 is 21.2. The average molecular weight is 455 g/mol. The van der Waals surface area contributed by atoms with Crippen LogP contribution in [0.25, 0.3) is 22.0 Å². The fourth-order valence-electron chi connectivity index (χ4n) is 4.65. The van der Waals surface area contributed by atoms with Gasteiger partial charge in [-0.15, -0.1) is 0 Å². The van der Waals surface area contributed by atoms with Gasteiger partial charge in [-0.2, -0.15) is 0 Å². The van der Waals surface area contributed by atoms with Crippen molar-refractivity contribution in [1.29, 1.82) is 0 Å². The van der Waals surface area contributed by atoms with E-state index in [1.165, 1.54) is 6.07 Å². The summed E-state index contributed by atoms with van der Waals surface area (Å²) in [5.74, 6) is 0.407. The van der Waals surface area contributed by atoms with E-state index in [1.54, 1.807) is 36.7 Å². The molecule has 170 valence electrons.